The topological polar surface area (TPSA) is 76.1 Å². The lowest BCUT2D eigenvalue weighted by molar-refractivity contribution is 0.0818. The molecule has 2 rings (SSSR count). The minimum atomic E-state index is -2.51. The first-order valence-electron chi connectivity index (χ1n) is 6.88. The second-order valence-corrected chi connectivity index (χ2v) is 4.59. The average molecular weight is 322 g/mol. The van der Waals surface area contributed by atoms with Crippen LogP contribution in [0, 0.1) is 0 Å². The maximum atomic E-state index is 12.1. The summed E-state index contributed by atoms with van der Waals surface area (Å²) in [6, 6.07) is 10.0. The number of nitrogens with one attached hydrogen (secondary N) is 2. The van der Waals surface area contributed by atoms with Crippen LogP contribution in [-0.4, -0.2) is 36.2 Å². The van der Waals surface area contributed by atoms with E-state index in [9.17, 15) is 13.6 Å². The number of alkyl halides is 2. The molecule has 0 saturated heterocycles. The lowest BCUT2D eigenvalue weighted by Crippen LogP contribution is -2.19. The molecule has 8 heteroatoms. The summed E-state index contributed by atoms with van der Waals surface area (Å²) >= 11 is 0. The quantitative estimate of drug-likeness (QED) is 0.816. The standard InChI is InChI=1S/C15H16F2N4O2/c1-18-15(22)12-5-6-14(21-20-12)19-8-10-3-2-4-11(7-10)23-9-13(16)17/h2-7,13H,8-9H2,1H3,(H,18,22)(H,19,21). The molecule has 122 valence electrons. The van der Waals surface area contributed by atoms with E-state index in [1.165, 1.54) is 7.05 Å². The van der Waals surface area contributed by atoms with Crippen molar-refractivity contribution in [3.05, 3.63) is 47.7 Å². The molecule has 0 aliphatic heterocycles. The minimum absolute atomic E-state index is 0.223. The Labute approximate surface area is 131 Å². The number of carbonyl (C=O) groups excluding carboxylic acids is 1. The van der Waals surface area contributed by atoms with E-state index >= 15 is 0 Å². The van der Waals surface area contributed by atoms with E-state index in [1.54, 1.807) is 30.3 Å². The fourth-order valence-corrected chi connectivity index (χ4v) is 1.77. The second-order valence-electron chi connectivity index (χ2n) is 4.59. The smallest absolute Gasteiger partial charge is 0.272 e. The highest BCUT2D eigenvalue weighted by molar-refractivity contribution is 5.91. The van der Waals surface area contributed by atoms with Crippen molar-refractivity contribution in [3.8, 4) is 5.75 Å². The normalized spacial score (nSPS) is 10.4. The Morgan fingerprint density at radius 1 is 1.26 bits per heavy atom. The second kappa shape index (κ2) is 8.02. The average Bonchev–Trinajstić information content (AvgIpc) is 2.58. The minimum Gasteiger partial charge on any atom is -0.488 e. The molecule has 0 fully saturated rings. The number of halogens is 2. The molecule has 1 aromatic carbocycles. The Bertz CT molecular complexity index is 650. The van der Waals surface area contributed by atoms with Crippen molar-refractivity contribution >= 4 is 11.7 Å². The van der Waals surface area contributed by atoms with E-state index in [0.29, 0.717) is 18.1 Å². The predicted octanol–water partition coefficient (Wildman–Crippen LogP) is 2.09. The lowest BCUT2D eigenvalue weighted by Gasteiger charge is -2.09. The number of hydrogen-bond donors (Lipinski definition) is 2. The molecule has 0 unspecified atom stereocenters. The summed E-state index contributed by atoms with van der Waals surface area (Å²) < 4.78 is 29.2. The summed E-state index contributed by atoms with van der Waals surface area (Å²) in [5, 5.41) is 13.2. The Morgan fingerprint density at radius 3 is 2.74 bits per heavy atom. The third kappa shape index (κ3) is 5.17. The first kappa shape index (κ1) is 16.6. The molecular formula is C15H16F2N4O2. The van der Waals surface area contributed by atoms with Crippen molar-refractivity contribution in [2.24, 2.45) is 0 Å². The van der Waals surface area contributed by atoms with E-state index in [1.807, 2.05) is 6.07 Å². The van der Waals surface area contributed by atoms with Crippen molar-refractivity contribution < 1.29 is 18.3 Å². The van der Waals surface area contributed by atoms with Gasteiger partial charge in [0.05, 0.1) is 0 Å². The van der Waals surface area contributed by atoms with Crippen LogP contribution in [-0.2, 0) is 6.54 Å². The fourth-order valence-electron chi connectivity index (χ4n) is 1.77. The summed E-state index contributed by atoms with van der Waals surface area (Å²) in [6.45, 7) is -0.219. The number of ether oxygens (including phenoxy) is 1. The molecule has 1 aromatic heterocycles. The molecule has 2 aromatic rings. The zero-order valence-corrected chi connectivity index (χ0v) is 12.4. The van der Waals surface area contributed by atoms with Crippen molar-refractivity contribution in [3.63, 3.8) is 0 Å². The zero-order valence-electron chi connectivity index (χ0n) is 12.4. The van der Waals surface area contributed by atoms with Crippen molar-refractivity contribution in [2.45, 2.75) is 13.0 Å². The summed E-state index contributed by atoms with van der Waals surface area (Å²) in [6.07, 6.45) is -2.51. The fraction of sp³-hybridized carbons (Fsp3) is 0.267. The van der Waals surface area contributed by atoms with Crippen LogP contribution in [0.25, 0.3) is 0 Å². The SMILES string of the molecule is CNC(=O)c1ccc(NCc2cccc(OCC(F)F)c2)nn1. The maximum Gasteiger partial charge on any atom is 0.272 e. The molecule has 2 N–H and O–H groups in total. The van der Waals surface area contributed by atoms with Gasteiger partial charge in [-0.25, -0.2) is 8.78 Å². The van der Waals surface area contributed by atoms with Gasteiger partial charge in [-0.05, 0) is 29.8 Å². The Hall–Kier alpha value is -2.77. The highest BCUT2D eigenvalue weighted by Crippen LogP contribution is 2.15. The first-order chi connectivity index (χ1) is 11.1. The van der Waals surface area contributed by atoms with Crippen LogP contribution in [0.5, 0.6) is 5.75 Å². The van der Waals surface area contributed by atoms with Gasteiger partial charge < -0.3 is 15.4 Å². The van der Waals surface area contributed by atoms with Crippen LogP contribution in [0.3, 0.4) is 0 Å². The van der Waals surface area contributed by atoms with E-state index in [4.69, 9.17) is 4.74 Å². The van der Waals surface area contributed by atoms with Gasteiger partial charge in [0, 0.05) is 13.6 Å². The first-order valence-corrected chi connectivity index (χ1v) is 6.88. The van der Waals surface area contributed by atoms with Gasteiger partial charge in [-0.3, -0.25) is 4.79 Å². The summed E-state index contributed by atoms with van der Waals surface area (Å²) in [5.74, 6) is 0.565. The largest absolute Gasteiger partial charge is 0.488 e. The van der Waals surface area contributed by atoms with Crippen LogP contribution >= 0.6 is 0 Å². The third-order valence-corrected chi connectivity index (χ3v) is 2.87. The van der Waals surface area contributed by atoms with E-state index in [-0.39, 0.29) is 11.6 Å². The number of hydrogen-bond acceptors (Lipinski definition) is 5. The van der Waals surface area contributed by atoms with Gasteiger partial charge in [0.1, 0.15) is 18.2 Å². The third-order valence-electron chi connectivity index (χ3n) is 2.87. The molecule has 0 bridgehead atoms. The zero-order chi connectivity index (χ0) is 16.7. The number of anilines is 1. The van der Waals surface area contributed by atoms with E-state index in [2.05, 4.69) is 20.8 Å². The number of amides is 1. The molecule has 6 nitrogen and oxygen atoms in total. The van der Waals surface area contributed by atoms with Crippen LogP contribution in [0.4, 0.5) is 14.6 Å². The van der Waals surface area contributed by atoms with Gasteiger partial charge in [0.25, 0.3) is 12.3 Å². The van der Waals surface area contributed by atoms with Crippen LogP contribution in [0.15, 0.2) is 36.4 Å². The van der Waals surface area contributed by atoms with Gasteiger partial charge in [-0.1, -0.05) is 12.1 Å². The maximum absolute atomic E-state index is 12.1. The highest BCUT2D eigenvalue weighted by atomic mass is 19.3. The molecule has 0 radical (unpaired) electrons. The Balaban J connectivity index is 1.92. The molecule has 1 amide bonds. The molecule has 0 aliphatic carbocycles. The van der Waals surface area contributed by atoms with E-state index < -0.39 is 13.0 Å². The Kier molecular flexibility index (Phi) is 5.79. The molecule has 0 atom stereocenters. The van der Waals surface area contributed by atoms with Crippen LogP contribution < -0.4 is 15.4 Å². The summed E-state index contributed by atoms with van der Waals surface area (Å²) in [7, 11) is 1.51. The number of nitrogens with zero attached hydrogens (tertiary/aromatic N) is 2. The lowest BCUT2D eigenvalue weighted by atomic mass is 10.2. The molecular weight excluding hydrogens is 306 g/mol. The van der Waals surface area contributed by atoms with Gasteiger partial charge in [-0.15, -0.1) is 10.2 Å². The van der Waals surface area contributed by atoms with Gasteiger partial charge in [0.15, 0.2) is 5.69 Å². The molecule has 0 spiro atoms. The van der Waals surface area contributed by atoms with Crippen molar-refractivity contribution in [2.75, 3.05) is 19.0 Å². The number of benzene rings is 1. The summed E-state index contributed by atoms with van der Waals surface area (Å²) in [4.78, 5) is 11.3. The number of aromatic nitrogens is 2. The van der Waals surface area contributed by atoms with Crippen LogP contribution in [0.1, 0.15) is 16.1 Å². The molecule has 1 heterocycles. The Morgan fingerprint density at radius 2 is 2.09 bits per heavy atom. The van der Waals surface area contributed by atoms with Gasteiger partial charge in [-0.2, -0.15) is 0 Å². The van der Waals surface area contributed by atoms with E-state index in [0.717, 1.165) is 5.56 Å². The predicted molar refractivity (Wildman–Crippen MR) is 80.7 cm³/mol. The van der Waals surface area contributed by atoms with Crippen LogP contribution in [0.2, 0.25) is 0 Å². The van der Waals surface area contributed by atoms with Gasteiger partial charge in [0.2, 0.25) is 0 Å². The van der Waals surface area contributed by atoms with Crippen molar-refractivity contribution in [1.29, 1.82) is 0 Å². The molecule has 23 heavy (non-hydrogen) atoms. The molecule has 0 aliphatic rings. The number of carbonyl (C=O) groups is 1. The number of rotatable bonds is 7. The summed E-state index contributed by atoms with van der Waals surface area (Å²) in [5.41, 5.74) is 1.06. The molecule has 0 saturated carbocycles. The van der Waals surface area contributed by atoms with Crippen molar-refractivity contribution in [1.82, 2.24) is 15.5 Å². The highest BCUT2D eigenvalue weighted by Gasteiger charge is 2.06. The monoisotopic (exact) mass is 322 g/mol. The van der Waals surface area contributed by atoms with Gasteiger partial charge >= 0.3 is 0 Å².